The molecule has 0 aromatic carbocycles. The first kappa shape index (κ1) is 14.9. The van der Waals surface area contributed by atoms with Gasteiger partial charge in [0, 0.05) is 11.5 Å². The molecule has 1 heterocycles. The van der Waals surface area contributed by atoms with Crippen LogP contribution in [0.2, 0.25) is 0 Å². The van der Waals surface area contributed by atoms with Crippen LogP contribution in [-0.2, 0) is 10.4 Å². The normalized spacial score (nSPS) is 21.5. The molecule has 4 nitrogen and oxygen atoms in total. The van der Waals surface area contributed by atoms with Crippen molar-refractivity contribution in [2.75, 3.05) is 6.54 Å². The fraction of sp³-hybridized carbons (Fsp3) is 0.562. The van der Waals surface area contributed by atoms with Crippen molar-refractivity contribution in [1.29, 1.82) is 0 Å². The van der Waals surface area contributed by atoms with Crippen molar-refractivity contribution >= 4 is 5.91 Å². The number of amides is 1. The van der Waals surface area contributed by atoms with E-state index in [2.05, 4.69) is 17.5 Å². The van der Waals surface area contributed by atoms with E-state index in [1.807, 2.05) is 19.9 Å². The third-order valence-corrected chi connectivity index (χ3v) is 3.87. The number of hydrogen-bond acceptors (Lipinski definition) is 3. The SMILES string of the molecule is Cc1cc(C(C)(O)CNC(=O)C2CC=CCC2)c(C)o1. The number of nitrogens with one attached hydrogen (secondary N) is 1. The summed E-state index contributed by atoms with van der Waals surface area (Å²) >= 11 is 0. The van der Waals surface area contributed by atoms with Gasteiger partial charge < -0.3 is 14.8 Å². The molecule has 110 valence electrons. The number of rotatable bonds is 4. The highest BCUT2D eigenvalue weighted by Crippen LogP contribution is 2.26. The van der Waals surface area contributed by atoms with E-state index in [9.17, 15) is 9.90 Å². The largest absolute Gasteiger partial charge is 0.466 e. The summed E-state index contributed by atoms with van der Waals surface area (Å²) in [5.74, 6) is 1.51. The Kier molecular flexibility index (Phi) is 4.33. The van der Waals surface area contributed by atoms with E-state index in [4.69, 9.17) is 4.42 Å². The summed E-state index contributed by atoms with van der Waals surface area (Å²) in [6.45, 7) is 5.57. The van der Waals surface area contributed by atoms with Crippen molar-refractivity contribution in [3.8, 4) is 0 Å². The van der Waals surface area contributed by atoms with Crippen LogP contribution in [0.15, 0.2) is 22.6 Å². The van der Waals surface area contributed by atoms with Gasteiger partial charge in [-0.1, -0.05) is 12.2 Å². The summed E-state index contributed by atoms with van der Waals surface area (Å²) in [7, 11) is 0. The van der Waals surface area contributed by atoms with Crippen molar-refractivity contribution in [3.63, 3.8) is 0 Å². The van der Waals surface area contributed by atoms with Crippen molar-refractivity contribution in [2.24, 2.45) is 5.92 Å². The molecule has 2 rings (SSSR count). The molecule has 0 saturated heterocycles. The Balaban J connectivity index is 1.96. The molecule has 0 aliphatic heterocycles. The summed E-state index contributed by atoms with van der Waals surface area (Å²) in [4.78, 5) is 12.1. The van der Waals surface area contributed by atoms with Gasteiger partial charge in [-0.3, -0.25) is 4.79 Å². The zero-order valence-corrected chi connectivity index (χ0v) is 12.4. The summed E-state index contributed by atoms with van der Waals surface area (Å²) < 4.78 is 5.44. The molecule has 20 heavy (non-hydrogen) atoms. The quantitative estimate of drug-likeness (QED) is 0.831. The van der Waals surface area contributed by atoms with Crippen LogP contribution >= 0.6 is 0 Å². The van der Waals surface area contributed by atoms with Crippen LogP contribution in [0.25, 0.3) is 0 Å². The number of carbonyl (C=O) groups is 1. The Labute approximate surface area is 119 Å². The minimum absolute atomic E-state index is 0.0208. The fourth-order valence-corrected chi connectivity index (χ4v) is 2.70. The molecule has 4 heteroatoms. The van der Waals surface area contributed by atoms with Gasteiger partial charge in [-0.15, -0.1) is 0 Å². The lowest BCUT2D eigenvalue weighted by Gasteiger charge is -2.25. The van der Waals surface area contributed by atoms with E-state index in [0.717, 1.165) is 30.6 Å². The van der Waals surface area contributed by atoms with Crippen molar-refractivity contribution in [1.82, 2.24) is 5.32 Å². The van der Waals surface area contributed by atoms with Crippen molar-refractivity contribution < 1.29 is 14.3 Å². The van der Waals surface area contributed by atoms with Gasteiger partial charge in [-0.25, -0.2) is 0 Å². The summed E-state index contributed by atoms with van der Waals surface area (Å²) in [5.41, 5.74) is -0.374. The lowest BCUT2D eigenvalue weighted by molar-refractivity contribution is -0.126. The Bertz CT molecular complexity index is 514. The number of aryl methyl sites for hydroxylation is 2. The Morgan fingerprint density at radius 1 is 1.50 bits per heavy atom. The first-order valence-electron chi connectivity index (χ1n) is 7.13. The Morgan fingerprint density at radius 2 is 2.25 bits per heavy atom. The van der Waals surface area contributed by atoms with E-state index in [1.165, 1.54) is 0 Å². The fourth-order valence-electron chi connectivity index (χ4n) is 2.70. The Morgan fingerprint density at radius 3 is 2.80 bits per heavy atom. The molecule has 0 fully saturated rings. The maximum Gasteiger partial charge on any atom is 0.223 e. The summed E-state index contributed by atoms with van der Waals surface area (Å²) in [5, 5.41) is 13.4. The molecule has 1 amide bonds. The molecule has 1 aliphatic carbocycles. The van der Waals surface area contributed by atoms with Gasteiger partial charge in [0.1, 0.15) is 17.1 Å². The summed E-state index contributed by atoms with van der Waals surface area (Å²) in [6.07, 6.45) is 6.79. The molecular formula is C16H23NO3. The number of aliphatic hydroxyl groups is 1. The second-order valence-corrected chi connectivity index (χ2v) is 5.80. The van der Waals surface area contributed by atoms with Gasteiger partial charge in [0.25, 0.3) is 0 Å². The first-order valence-corrected chi connectivity index (χ1v) is 7.13. The summed E-state index contributed by atoms with van der Waals surface area (Å²) in [6, 6.07) is 1.82. The number of hydrogen-bond donors (Lipinski definition) is 2. The smallest absolute Gasteiger partial charge is 0.223 e. The number of carbonyl (C=O) groups excluding carboxylic acids is 1. The van der Waals surface area contributed by atoms with E-state index in [-0.39, 0.29) is 18.4 Å². The molecule has 2 N–H and O–H groups in total. The molecule has 0 spiro atoms. The van der Waals surface area contributed by atoms with Crippen molar-refractivity contribution in [3.05, 3.63) is 35.3 Å². The third-order valence-electron chi connectivity index (χ3n) is 3.87. The van der Waals surface area contributed by atoms with Gasteiger partial charge in [-0.2, -0.15) is 0 Å². The highest BCUT2D eigenvalue weighted by molar-refractivity contribution is 5.79. The van der Waals surface area contributed by atoms with Gasteiger partial charge in [0.15, 0.2) is 0 Å². The van der Waals surface area contributed by atoms with Crippen LogP contribution in [0, 0.1) is 19.8 Å². The van der Waals surface area contributed by atoms with Gasteiger partial charge in [0.2, 0.25) is 5.91 Å². The molecule has 0 radical (unpaired) electrons. The van der Waals surface area contributed by atoms with E-state index in [0.29, 0.717) is 5.76 Å². The van der Waals surface area contributed by atoms with Crippen LogP contribution in [0.4, 0.5) is 0 Å². The maximum atomic E-state index is 12.1. The molecule has 0 saturated carbocycles. The van der Waals surface area contributed by atoms with E-state index >= 15 is 0 Å². The zero-order valence-electron chi connectivity index (χ0n) is 12.4. The molecule has 0 bridgehead atoms. The maximum absolute atomic E-state index is 12.1. The van der Waals surface area contributed by atoms with Crippen LogP contribution in [0.1, 0.15) is 43.3 Å². The van der Waals surface area contributed by atoms with Crippen molar-refractivity contribution in [2.45, 2.75) is 45.6 Å². The highest BCUT2D eigenvalue weighted by Gasteiger charge is 2.29. The lowest BCUT2D eigenvalue weighted by Crippen LogP contribution is -2.41. The predicted molar refractivity (Wildman–Crippen MR) is 77.2 cm³/mol. The molecular weight excluding hydrogens is 254 g/mol. The average molecular weight is 277 g/mol. The van der Waals surface area contributed by atoms with Gasteiger partial charge in [0.05, 0.1) is 6.54 Å². The van der Waals surface area contributed by atoms with E-state index in [1.54, 1.807) is 6.92 Å². The zero-order chi connectivity index (χ0) is 14.8. The molecule has 2 unspecified atom stereocenters. The average Bonchev–Trinajstić information content (AvgIpc) is 2.77. The third kappa shape index (κ3) is 3.31. The molecule has 1 aromatic rings. The second kappa shape index (κ2) is 5.83. The number of furan rings is 1. The van der Waals surface area contributed by atoms with Crippen LogP contribution in [-0.4, -0.2) is 17.6 Å². The lowest BCUT2D eigenvalue weighted by atomic mass is 9.92. The van der Waals surface area contributed by atoms with Crippen LogP contribution < -0.4 is 5.32 Å². The number of allylic oxidation sites excluding steroid dienone is 2. The van der Waals surface area contributed by atoms with E-state index < -0.39 is 5.60 Å². The first-order chi connectivity index (χ1) is 9.40. The predicted octanol–water partition coefficient (Wildman–Crippen LogP) is 2.58. The second-order valence-electron chi connectivity index (χ2n) is 5.80. The molecule has 1 aromatic heterocycles. The van der Waals surface area contributed by atoms with Crippen LogP contribution in [0.3, 0.4) is 0 Å². The topological polar surface area (TPSA) is 62.5 Å². The Hall–Kier alpha value is -1.55. The van der Waals surface area contributed by atoms with Gasteiger partial charge in [-0.05, 0) is 46.1 Å². The molecule has 1 aliphatic rings. The standard InChI is InChI=1S/C16H23NO3/c1-11-9-14(12(2)20-11)16(3,19)10-17-15(18)13-7-5-4-6-8-13/h4-5,9,13,19H,6-8,10H2,1-3H3,(H,17,18). The van der Waals surface area contributed by atoms with Gasteiger partial charge >= 0.3 is 0 Å². The molecule has 2 atom stereocenters. The minimum atomic E-state index is -1.11. The monoisotopic (exact) mass is 277 g/mol. The minimum Gasteiger partial charge on any atom is -0.466 e. The highest BCUT2D eigenvalue weighted by atomic mass is 16.3. The van der Waals surface area contributed by atoms with Crippen LogP contribution in [0.5, 0.6) is 0 Å².